The maximum Gasteiger partial charge on any atom is 0.173 e. The topological polar surface area (TPSA) is 33.1 Å². The maximum atomic E-state index is 12.9. The number of aryl methyl sites for hydroxylation is 2. The van der Waals surface area contributed by atoms with Crippen LogP contribution in [0.3, 0.4) is 0 Å². The summed E-state index contributed by atoms with van der Waals surface area (Å²) in [6.45, 7) is 5.58. The maximum absolute atomic E-state index is 12.9. The van der Waals surface area contributed by atoms with Crippen LogP contribution in [-0.2, 0) is 13.1 Å². The number of aromatic nitrogens is 2. The number of anilines is 1. The third kappa shape index (κ3) is 4.01. The van der Waals surface area contributed by atoms with Crippen LogP contribution >= 0.6 is 12.2 Å². The van der Waals surface area contributed by atoms with Crippen molar-refractivity contribution in [1.82, 2.24) is 14.7 Å². The fraction of sp³-hybridized carbons (Fsp3) is 0.333. The molecule has 0 saturated carbocycles. The smallest absolute Gasteiger partial charge is 0.173 e. The number of halogens is 1. The number of hydrogen-bond acceptors (Lipinski definition) is 2. The largest absolute Gasteiger partial charge is 0.348 e. The van der Waals surface area contributed by atoms with Crippen molar-refractivity contribution in [3.05, 3.63) is 47.5 Å². The molecule has 0 atom stereocenters. The molecular weight excluding hydrogens is 287 g/mol. The average Bonchev–Trinajstić information content (AvgIpc) is 2.82. The SMILES string of the molecule is CCn1cc(CN(C)C(=S)Nc2ccc(F)cc2)c(C)n1. The van der Waals surface area contributed by atoms with Gasteiger partial charge in [0.2, 0.25) is 0 Å². The van der Waals surface area contributed by atoms with Crippen molar-refractivity contribution in [2.24, 2.45) is 0 Å². The number of nitrogens with zero attached hydrogens (tertiary/aromatic N) is 3. The predicted octanol–water partition coefficient (Wildman–Crippen LogP) is 3.18. The van der Waals surface area contributed by atoms with Gasteiger partial charge in [-0.05, 0) is 50.3 Å². The van der Waals surface area contributed by atoms with Gasteiger partial charge in [-0.25, -0.2) is 4.39 Å². The molecule has 2 aromatic rings. The first kappa shape index (κ1) is 15.4. The molecule has 0 saturated heterocycles. The van der Waals surface area contributed by atoms with Gasteiger partial charge in [0.25, 0.3) is 0 Å². The lowest BCUT2D eigenvalue weighted by molar-refractivity contribution is 0.506. The van der Waals surface area contributed by atoms with Crippen LogP contribution in [0.15, 0.2) is 30.5 Å². The second-order valence-electron chi connectivity index (χ2n) is 4.89. The standard InChI is InChI=1S/C15H19FN4S/c1-4-20-10-12(11(2)18-20)9-19(3)15(21)17-14-7-5-13(16)6-8-14/h5-8,10H,4,9H2,1-3H3,(H,17,21). The van der Waals surface area contributed by atoms with E-state index in [9.17, 15) is 4.39 Å². The lowest BCUT2D eigenvalue weighted by atomic mass is 10.2. The first-order valence-electron chi connectivity index (χ1n) is 6.80. The summed E-state index contributed by atoms with van der Waals surface area (Å²) in [5.74, 6) is -0.262. The van der Waals surface area contributed by atoms with E-state index in [1.54, 1.807) is 12.1 Å². The zero-order valence-electron chi connectivity index (χ0n) is 12.4. The highest BCUT2D eigenvalue weighted by Crippen LogP contribution is 2.12. The van der Waals surface area contributed by atoms with E-state index in [0.717, 1.165) is 23.5 Å². The van der Waals surface area contributed by atoms with E-state index in [4.69, 9.17) is 12.2 Å². The quantitative estimate of drug-likeness (QED) is 0.880. The molecule has 0 aliphatic rings. The number of hydrogen-bond donors (Lipinski definition) is 1. The van der Waals surface area contributed by atoms with Crippen LogP contribution in [0, 0.1) is 12.7 Å². The highest BCUT2D eigenvalue weighted by molar-refractivity contribution is 7.80. The first-order valence-corrected chi connectivity index (χ1v) is 7.21. The van der Waals surface area contributed by atoms with Gasteiger partial charge >= 0.3 is 0 Å². The second kappa shape index (κ2) is 6.67. The van der Waals surface area contributed by atoms with Gasteiger partial charge in [-0.3, -0.25) is 4.68 Å². The first-order chi connectivity index (χ1) is 9.99. The summed E-state index contributed by atoms with van der Waals surface area (Å²) < 4.78 is 14.8. The molecular formula is C15H19FN4S. The Morgan fingerprint density at radius 1 is 1.38 bits per heavy atom. The molecule has 0 amide bonds. The van der Waals surface area contributed by atoms with Gasteiger partial charge in [-0.1, -0.05) is 0 Å². The van der Waals surface area contributed by atoms with Crippen LogP contribution in [0.4, 0.5) is 10.1 Å². The number of nitrogens with one attached hydrogen (secondary N) is 1. The highest BCUT2D eigenvalue weighted by Gasteiger charge is 2.10. The lowest BCUT2D eigenvalue weighted by Gasteiger charge is -2.20. The Morgan fingerprint density at radius 2 is 2.05 bits per heavy atom. The van der Waals surface area contributed by atoms with E-state index in [1.165, 1.54) is 12.1 Å². The monoisotopic (exact) mass is 306 g/mol. The number of thiocarbonyl (C=S) groups is 1. The molecule has 0 unspecified atom stereocenters. The molecule has 21 heavy (non-hydrogen) atoms. The van der Waals surface area contributed by atoms with E-state index in [-0.39, 0.29) is 5.82 Å². The van der Waals surface area contributed by atoms with Gasteiger partial charge in [0.05, 0.1) is 5.69 Å². The molecule has 1 N–H and O–H groups in total. The third-order valence-electron chi connectivity index (χ3n) is 3.22. The third-order valence-corrected chi connectivity index (χ3v) is 3.64. The van der Waals surface area contributed by atoms with E-state index >= 15 is 0 Å². The lowest BCUT2D eigenvalue weighted by Crippen LogP contribution is -2.30. The van der Waals surface area contributed by atoms with Gasteiger partial charge in [0, 0.05) is 37.6 Å². The molecule has 0 aliphatic heterocycles. The van der Waals surface area contributed by atoms with Crippen LogP contribution < -0.4 is 5.32 Å². The van der Waals surface area contributed by atoms with Crippen LogP contribution in [0.2, 0.25) is 0 Å². The highest BCUT2D eigenvalue weighted by atomic mass is 32.1. The van der Waals surface area contributed by atoms with E-state index in [0.29, 0.717) is 11.7 Å². The molecule has 0 bridgehead atoms. The second-order valence-corrected chi connectivity index (χ2v) is 5.28. The minimum Gasteiger partial charge on any atom is -0.348 e. The zero-order valence-corrected chi connectivity index (χ0v) is 13.2. The fourth-order valence-electron chi connectivity index (χ4n) is 1.96. The Balaban J connectivity index is 1.98. The van der Waals surface area contributed by atoms with Crippen molar-refractivity contribution in [1.29, 1.82) is 0 Å². The summed E-state index contributed by atoms with van der Waals surface area (Å²) in [7, 11) is 1.92. The van der Waals surface area contributed by atoms with Gasteiger partial charge < -0.3 is 10.2 Å². The summed E-state index contributed by atoms with van der Waals surface area (Å²) in [6, 6.07) is 6.13. The fourth-order valence-corrected chi connectivity index (χ4v) is 2.14. The molecule has 112 valence electrons. The van der Waals surface area contributed by atoms with Crippen LogP contribution in [0.5, 0.6) is 0 Å². The summed E-state index contributed by atoms with van der Waals surface area (Å²) in [5, 5.41) is 8.10. The summed E-state index contributed by atoms with van der Waals surface area (Å²) in [4.78, 5) is 1.93. The van der Waals surface area contributed by atoms with Gasteiger partial charge in [-0.2, -0.15) is 5.10 Å². The van der Waals surface area contributed by atoms with Crippen LogP contribution in [-0.4, -0.2) is 26.8 Å². The molecule has 1 heterocycles. The van der Waals surface area contributed by atoms with Crippen molar-refractivity contribution in [2.75, 3.05) is 12.4 Å². The van der Waals surface area contributed by atoms with Crippen molar-refractivity contribution < 1.29 is 4.39 Å². The number of benzene rings is 1. The van der Waals surface area contributed by atoms with E-state index in [1.807, 2.05) is 29.7 Å². The molecule has 0 fully saturated rings. The van der Waals surface area contributed by atoms with Crippen molar-refractivity contribution in [3.63, 3.8) is 0 Å². The summed E-state index contributed by atoms with van der Waals surface area (Å²) >= 11 is 5.36. The molecule has 2 rings (SSSR count). The van der Waals surface area contributed by atoms with Crippen molar-refractivity contribution in [2.45, 2.75) is 26.9 Å². The minimum atomic E-state index is -0.262. The van der Waals surface area contributed by atoms with Gasteiger partial charge in [-0.15, -0.1) is 0 Å². The average molecular weight is 306 g/mol. The molecule has 4 nitrogen and oxygen atoms in total. The minimum absolute atomic E-state index is 0.262. The normalized spacial score (nSPS) is 10.5. The van der Waals surface area contributed by atoms with Crippen molar-refractivity contribution >= 4 is 23.0 Å². The molecule has 0 aliphatic carbocycles. The van der Waals surface area contributed by atoms with Crippen LogP contribution in [0.25, 0.3) is 0 Å². The Hall–Kier alpha value is -1.95. The Bertz CT molecular complexity index is 621. The van der Waals surface area contributed by atoms with E-state index < -0.39 is 0 Å². The molecule has 1 aromatic heterocycles. The summed E-state index contributed by atoms with van der Waals surface area (Å²) in [5.41, 5.74) is 2.92. The Morgan fingerprint density at radius 3 is 2.62 bits per heavy atom. The molecule has 6 heteroatoms. The molecule has 1 aromatic carbocycles. The molecule has 0 radical (unpaired) electrons. The predicted molar refractivity (Wildman–Crippen MR) is 86.7 cm³/mol. The number of rotatable bonds is 4. The zero-order chi connectivity index (χ0) is 15.4. The van der Waals surface area contributed by atoms with Gasteiger partial charge in [0.15, 0.2) is 5.11 Å². The Labute approximate surface area is 129 Å². The van der Waals surface area contributed by atoms with Crippen LogP contribution in [0.1, 0.15) is 18.2 Å². The Kier molecular flexibility index (Phi) is 4.90. The summed E-state index contributed by atoms with van der Waals surface area (Å²) in [6.07, 6.45) is 2.03. The molecule has 0 spiro atoms. The van der Waals surface area contributed by atoms with Crippen molar-refractivity contribution in [3.8, 4) is 0 Å². The van der Waals surface area contributed by atoms with E-state index in [2.05, 4.69) is 17.3 Å². The van der Waals surface area contributed by atoms with Gasteiger partial charge in [0.1, 0.15) is 5.82 Å².